The van der Waals surface area contributed by atoms with Gasteiger partial charge >= 0.3 is 5.97 Å². The van der Waals surface area contributed by atoms with Gasteiger partial charge in [-0.25, -0.2) is 8.42 Å². The fourth-order valence-corrected chi connectivity index (χ4v) is 5.17. The highest BCUT2D eigenvalue weighted by Crippen LogP contribution is 2.28. The molecule has 6 nitrogen and oxygen atoms in total. The molecule has 0 aromatic heterocycles. The molecule has 3 rings (SSSR count). The molecule has 1 saturated heterocycles. The lowest BCUT2D eigenvalue weighted by Gasteiger charge is -2.29. The number of nitrogens with zero attached hydrogens (tertiary/aromatic N) is 1. The predicted molar refractivity (Wildman–Crippen MR) is 106 cm³/mol. The van der Waals surface area contributed by atoms with Crippen LogP contribution in [0.15, 0.2) is 48.5 Å². The van der Waals surface area contributed by atoms with Crippen LogP contribution in [0.2, 0.25) is 5.02 Å². The molecule has 28 heavy (non-hydrogen) atoms. The highest BCUT2D eigenvalue weighted by Gasteiger charge is 2.36. The Kier molecular flexibility index (Phi) is 6.05. The number of ether oxygens (including phenoxy) is 1. The lowest BCUT2D eigenvalue weighted by molar-refractivity contribution is -0.131. The molecular weight excluding hydrogens is 402 g/mol. The summed E-state index contributed by atoms with van der Waals surface area (Å²) < 4.78 is 29.2. The van der Waals surface area contributed by atoms with Gasteiger partial charge in [0, 0.05) is 24.5 Å². The quantitative estimate of drug-likeness (QED) is 0.547. The fraction of sp³-hybridized carbons (Fsp3) is 0.300. The number of hydrogen-bond acceptors (Lipinski definition) is 5. The van der Waals surface area contributed by atoms with E-state index in [4.69, 9.17) is 16.3 Å². The second-order valence-corrected chi connectivity index (χ2v) is 9.31. The molecule has 0 spiro atoms. The van der Waals surface area contributed by atoms with E-state index in [0.29, 0.717) is 17.0 Å². The van der Waals surface area contributed by atoms with Crippen LogP contribution in [0.3, 0.4) is 0 Å². The Morgan fingerprint density at radius 2 is 1.82 bits per heavy atom. The first-order valence-electron chi connectivity index (χ1n) is 8.79. The number of benzene rings is 2. The number of carbonyl (C=O) groups excluding carboxylic acids is 2. The van der Waals surface area contributed by atoms with E-state index in [0.717, 1.165) is 0 Å². The summed E-state index contributed by atoms with van der Waals surface area (Å²) in [5.41, 5.74) is 0.917. The van der Waals surface area contributed by atoms with Crippen molar-refractivity contribution in [1.82, 2.24) is 4.90 Å². The van der Waals surface area contributed by atoms with Gasteiger partial charge in [0.25, 0.3) is 5.91 Å². The normalized spacial score (nSPS) is 17.9. The largest absolute Gasteiger partial charge is 0.426 e. The third-order valence-corrected chi connectivity index (χ3v) is 6.70. The topological polar surface area (TPSA) is 80.8 Å². The van der Waals surface area contributed by atoms with Gasteiger partial charge in [-0.3, -0.25) is 9.59 Å². The molecule has 0 radical (unpaired) electrons. The summed E-state index contributed by atoms with van der Waals surface area (Å²) in [6.45, 7) is 1.42. The lowest BCUT2D eigenvalue weighted by atomic mass is 10.1. The van der Waals surface area contributed by atoms with Gasteiger partial charge in [-0.1, -0.05) is 41.9 Å². The molecule has 1 aliphatic heterocycles. The lowest BCUT2D eigenvalue weighted by Crippen LogP contribution is -2.41. The number of halogens is 1. The minimum Gasteiger partial charge on any atom is -0.426 e. The third kappa shape index (κ3) is 4.72. The third-order valence-electron chi connectivity index (χ3n) is 4.58. The van der Waals surface area contributed by atoms with Crippen LogP contribution in [0.25, 0.3) is 0 Å². The van der Waals surface area contributed by atoms with Crippen LogP contribution in [0.1, 0.15) is 29.3 Å². The van der Waals surface area contributed by atoms with Gasteiger partial charge in [-0.05, 0) is 30.2 Å². The molecule has 0 N–H and O–H groups in total. The number of esters is 1. The molecule has 1 unspecified atom stereocenters. The van der Waals surface area contributed by atoms with Crippen LogP contribution in [-0.4, -0.2) is 42.7 Å². The van der Waals surface area contributed by atoms with Gasteiger partial charge in [0.15, 0.2) is 9.84 Å². The number of para-hydroxylation sites is 1. The summed E-state index contributed by atoms with van der Waals surface area (Å²) in [5.74, 6) is -0.862. The van der Waals surface area contributed by atoms with Gasteiger partial charge in [-0.15, -0.1) is 0 Å². The van der Waals surface area contributed by atoms with E-state index in [1.807, 2.05) is 6.07 Å². The molecule has 1 aliphatic rings. The van der Waals surface area contributed by atoms with Crippen LogP contribution in [0.5, 0.6) is 5.75 Å². The standard InChI is InChI=1S/C20H20ClNO5S/c1-14(23)27-19-9-5-3-7-17(19)20(24)22(16-10-11-28(25,26)13-16)12-15-6-2-4-8-18(15)21/h2-9,16H,10-13H2,1H3. The average Bonchev–Trinajstić information content (AvgIpc) is 3.00. The van der Waals surface area contributed by atoms with Crippen LogP contribution >= 0.6 is 11.6 Å². The molecular formula is C20H20ClNO5S. The van der Waals surface area contributed by atoms with E-state index < -0.39 is 27.8 Å². The Labute approximate surface area is 169 Å². The highest BCUT2D eigenvalue weighted by atomic mass is 35.5. The van der Waals surface area contributed by atoms with Crippen molar-refractivity contribution in [3.05, 3.63) is 64.7 Å². The Balaban J connectivity index is 1.98. The minimum atomic E-state index is -3.20. The van der Waals surface area contributed by atoms with Gasteiger partial charge < -0.3 is 9.64 Å². The Hall–Kier alpha value is -2.38. The summed E-state index contributed by atoms with van der Waals surface area (Å²) >= 11 is 6.26. The SMILES string of the molecule is CC(=O)Oc1ccccc1C(=O)N(Cc1ccccc1Cl)C1CCS(=O)(=O)C1. The van der Waals surface area contributed by atoms with Gasteiger partial charge in [0.2, 0.25) is 0 Å². The summed E-state index contributed by atoms with van der Waals surface area (Å²) in [4.78, 5) is 26.3. The molecule has 1 fully saturated rings. The molecule has 1 amide bonds. The van der Waals surface area contributed by atoms with Crippen molar-refractivity contribution in [2.75, 3.05) is 11.5 Å². The van der Waals surface area contributed by atoms with Crippen molar-refractivity contribution >= 4 is 33.3 Å². The first-order chi connectivity index (χ1) is 13.3. The van der Waals surface area contributed by atoms with Gasteiger partial charge in [-0.2, -0.15) is 0 Å². The first-order valence-corrected chi connectivity index (χ1v) is 11.0. The van der Waals surface area contributed by atoms with Crippen LogP contribution in [-0.2, 0) is 21.2 Å². The molecule has 1 heterocycles. The number of hydrogen-bond donors (Lipinski definition) is 0. The van der Waals surface area contributed by atoms with E-state index in [9.17, 15) is 18.0 Å². The summed E-state index contributed by atoms with van der Waals surface area (Å²) in [7, 11) is -3.20. The number of sulfone groups is 1. The van der Waals surface area contributed by atoms with E-state index in [2.05, 4.69) is 0 Å². The molecule has 0 saturated carbocycles. The van der Waals surface area contributed by atoms with E-state index in [1.54, 1.807) is 36.4 Å². The van der Waals surface area contributed by atoms with Crippen LogP contribution in [0, 0.1) is 0 Å². The van der Waals surface area contributed by atoms with E-state index >= 15 is 0 Å². The fourth-order valence-electron chi connectivity index (χ4n) is 3.24. The second-order valence-electron chi connectivity index (χ2n) is 6.67. The minimum absolute atomic E-state index is 0.0373. The van der Waals surface area contributed by atoms with Crippen molar-refractivity contribution in [2.45, 2.75) is 25.9 Å². The van der Waals surface area contributed by atoms with Crippen molar-refractivity contribution in [3.8, 4) is 5.75 Å². The number of amides is 1. The monoisotopic (exact) mass is 421 g/mol. The maximum absolute atomic E-state index is 13.4. The Morgan fingerprint density at radius 3 is 2.46 bits per heavy atom. The molecule has 0 bridgehead atoms. The molecule has 0 aliphatic carbocycles. The summed E-state index contributed by atoms with van der Waals surface area (Å²) in [5, 5.41) is 0.495. The predicted octanol–water partition coefficient (Wildman–Crippen LogP) is 3.09. The summed E-state index contributed by atoms with van der Waals surface area (Å²) in [6.07, 6.45) is 0.355. The van der Waals surface area contributed by atoms with E-state index in [1.165, 1.54) is 17.9 Å². The van der Waals surface area contributed by atoms with E-state index in [-0.39, 0.29) is 29.4 Å². The Morgan fingerprint density at radius 1 is 1.14 bits per heavy atom. The Bertz CT molecular complexity index is 1010. The maximum Gasteiger partial charge on any atom is 0.308 e. The molecule has 148 valence electrons. The highest BCUT2D eigenvalue weighted by molar-refractivity contribution is 7.91. The molecule has 8 heteroatoms. The average molecular weight is 422 g/mol. The number of carbonyl (C=O) groups is 2. The molecule has 2 aromatic carbocycles. The first kappa shape index (κ1) is 20.4. The number of rotatable bonds is 5. The van der Waals surface area contributed by atoms with Crippen molar-refractivity contribution < 1.29 is 22.7 Å². The summed E-state index contributed by atoms with van der Waals surface area (Å²) in [6, 6.07) is 13.1. The van der Waals surface area contributed by atoms with Crippen LogP contribution in [0.4, 0.5) is 0 Å². The molecule has 2 aromatic rings. The zero-order valence-electron chi connectivity index (χ0n) is 15.3. The van der Waals surface area contributed by atoms with Gasteiger partial charge in [0.05, 0.1) is 17.1 Å². The van der Waals surface area contributed by atoms with Crippen molar-refractivity contribution in [2.24, 2.45) is 0 Å². The van der Waals surface area contributed by atoms with Crippen LogP contribution < -0.4 is 4.74 Å². The zero-order chi connectivity index (χ0) is 20.3. The van der Waals surface area contributed by atoms with Crippen molar-refractivity contribution in [1.29, 1.82) is 0 Å². The zero-order valence-corrected chi connectivity index (χ0v) is 16.9. The van der Waals surface area contributed by atoms with Gasteiger partial charge in [0.1, 0.15) is 5.75 Å². The second kappa shape index (κ2) is 8.32. The maximum atomic E-state index is 13.4. The van der Waals surface area contributed by atoms with Crippen molar-refractivity contribution in [3.63, 3.8) is 0 Å². The molecule has 1 atom stereocenters. The smallest absolute Gasteiger partial charge is 0.308 e.